The van der Waals surface area contributed by atoms with Crippen LogP contribution < -0.4 is 5.32 Å². The Balaban J connectivity index is 1.48. The SMILES string of the molecule is CC(NC(=O)CON=C(Cc1nc2ccccc2n1C)c1ccccc1)c1ccco1. The highest BCUT2D eigenvalue weighted by Crippen LogP contribution is 2.17. The molecule has 0 fully saturated rings. The highest BCUT2D eigenvalue weighted by Gasteiger charge is 2.14. The van der Waals surface area contributed by atoms with E-state index in [1.165, 1.54) is 0 Å². The van der Waals surface area contributed by atoms with Crippen LogP contribution in [0.3, 0.4) is 0 Å². The number of oxime groups is 1. The van der Waals surface area contributed by atoms with E-state index in [0.717, 1.165) is 22.4 Å². The van der Waals surface area contributed by atoms with Crippen LogP contribution >= 0.6 is 0 Å². The molecule has 1 atom stereocenters. The van der Waals surface area contributed by atoms with Crippen molar-refractivity contribution >= 4 is 22.7 Å². The number of furan rings is 1. The number of amides is 1. The van der Waals surface area contributed by atoms with Crippen LogP contribution in [-0.4, -0.2) is 27.8 Å². The average Bonchev–Trinajstić information content (AvgIpc) is 3.43. The zero-order valence-corrected chi connectivity index (χ0v) is 17.5. The summed E-state index contributed by atoms with van der Waals surface area (Å²) in [6.07, 6.45) is 2.05. The van der Waals surface area contributed by atoms with Crippen molar-refractivity contribution in [2.45, 2.75) is 19.4 Å². The van der Waals surface area contributed by atoms with Crippen molar-refractivity contribution in [1.82, 2.24) is 14.9 Å². The molecule has 0 aliphatic heterocycles. The molecule has 4 rings (SSSR count). The van der Waals surface area contributed by atoms with Crippen LogP contribution in [0.1, 0.15) is 30.1 Å². The summed E-state index contributed by atoms with van der Waals surface area (Å²) >= 11 is 0. The number of imidazole rings is 1. The molecule has 158 valence electrons. The lowest BCUT2D eigenvalue weighted by molar-refractivity contribution is -0.126. The minimum absolute atomic E-state index is 0.191. The molecule has 7 heteroatoms. The smallest absolute Gasteiger partial charge is 0.261 e. The fourth-order valence-electron chi connectivity index (χ4n) is 3.38. The van der Waals surface area contributed by atoms with E-state index < -0.39 is 0 Å². The molecule has 2 heterocycles. The summed E-state index contributed by atoms with van der Waals surface area (Å²) in [6, 6.07) is 21.1. The number of fused-ring (bicyclic) bond motifs is 1. The van der Waals surface area contributed by atoms with Crippen molar-refractivity contribution in [2.75, 3.05) is 6.61 Å². The fourth-order valence-corrected chi connectivity index (χ4v) is 3.38. The number of carbonyl (C=O) groups is 1. The lowest BCUT2D eigenvalue weighted by Crippen LogP contribution is -2.29. The Morgan fingerprint density at radius 1 is 1.13 bits per heavy atom. The number of para-hydroxylation sites is 2. The van der Waals surface area contributed by atoms with Crippen molar-refractivity contribution in [1.29, 1.82) is 0 Å². The Morgan fingerprint density at radius 3 is 2.65 bits per heavy atom. The van der Waals surface area contributed by atoms with Gasteiger partial charge in [0.25, 0.3) is 5.91 Å². The van der Waals surface area contributed by atoms with E-state index in [9.17, 15) is 4.79 Å². The first kappa shape index (κ1) is 20.4. The van der Waals surface area contributed by atoms with Crippen LogP contribution in [0.2, 0.25) is 0 Å². The van der Waals surface area contributed by atoms with Gasteiger partial charge in [-0.3, -0.25) is 4.79 Å². The number of nitrogens with zero attached hydrogens (tertiary/aromatic N) is 3. The van der Waals surface area contributed by atoms with E-state index >= 15 is 0 Å². The molecule has 1 N–H and O–H groups in total. The second-order valence-corrected chi connectivity index (χ2v) is 7.23. The van der Waals surface area contributed by atoms with Gasteiger partial charge in [-0.15, -0.1) is 0 Å². The van der Waals surface area contributed by atoms with E-state index in [2.05, 4.69) is 10.5 Å². The number of nitrogens with one attached hydrogen (secondary N) is 1. The quantitative estimate of drug-likeness (QED) is 0.348. The number of hydrogen-bond donors (Lipinski definition) is 1. The van der Waals surface area contributed by atoms with E-state index in [1.807, 2.05) is 79.2 Å². The molecule has 0 saturated carbocycles. The number of hydrogen-bond acceptors (Lipinski definition) is 5. The maximum absolute atomic E-state index is 12.2. The molecule has 2 aromatic heterocycles. The van der Waals surface area contributed by atoms with Gasteiger partial charge < -0.3 is 19.1 Å². The summed E-state index contributed by atoms with van der Waals surface area (Å²) in [5, 5.41) is 7.12. The van der Waals surface area contributed by atoms with Crippen LogP contribution in [0, 0.1) is 0 Å². The number of aromatic nitrogens is 2. The van der Waals surface area contributed by atoms with Crippen LogP contribution in [0.4, 0.5) is 0 Å². The second-order valence-electron chi connectivity index (χ2n) is 7.23. The van der Waals surface area contributed by atoms with Gasteiger partial charge in [-0.25, -0.2) is 4.98 Å². The van der Waals surface area contributed by atoms with Gasteiger partial charge in [0.15, 0.2) is 6.61 Å². The molecule has 0 aliphatic rings. The molecule has 4 aromatic rings. The topological polar surface area (TPSA) is 81.6 Å². The predicted molar refractivity (Wildman–Crippen MR) is 119 cm³/mol. The highest BCUT2D eigenvalue weighted by atomic mass is 16.6. The van der Waals surface area contributed by atoms with Gasteiger partial charge in [0.05, 0.1) is 35.5 Å². The Labute approximate surface area is 180 Å². The maximum Gasteiger partial charge on any atom is 0.261 e. The average molecular weight is 416 g/mol. The lowest BCUT2D eigenvalue weighted by atomic mass is 10.1. The molecule has 7 nitrogen and oxygen atoms in total. The van der Waals surface area contributed by atoms with Crippen molar-refractivity contribution in [2.24, 2.45) is 12.2 Å². The summed E-state index contributed by atoms with van der Waals surface area (Å²) < 4.78 is 7.35. The van der Waals surface area contributed by atoms with Crippen molar-refractivity contribution in [3.05, 3.63) is 90.1 Å². The standard InChI is InChI=1S/C24H24N4O3/c1-17(22-13-8-14-30-22)25-24(29)16-31-27-20(18-9-4-3-5-10-18)15-23-26-19-11-6-7-12-21(19)28(23)2/h3-14,17H,15-16H2,1-2H3,(H,25,29). The van der Waals surface area contributed by atoms with Gasteiger partial charge in [0.2, 0.25) is 0 Å². The number of benzene rings is 2. The largest absolute Gasteiger partial charge is 0.467 e. The summed E-state index contributed by atoms with van der Waals surface area (Å²) in [5.41, 5.74) is 3.60. The van der Waals surface area contributed by atoms with E-state index in [0.29, 0.717) is 17.9 Å². The molecule has 0 saturated heterocycles. The minimum Gasteiger partial charge on any atom is -0.467 e. The van der Waals surface area contributed by atoms with Gasteiger partial charge in [-0.2, -0.15) is 0 Å². The number of aryl methyl sites for hydroxylation is 1. The third-order valence-electron chi connectivity index (χ3n) is 5.03. The van der Waals surface area contributed by atoms with Gasteiger partial charge in [-0.1, -0.05) is 47.6 Å². The first-order chi connectivity index (χ1) is 15.1. The van der Waals surface area contributed by atoms with Crippen molar-refractivity contribution in [3.8, 4) is 0 Å². The Kier molecular flexibility index (Phi) is 6.12. The Morgan fingerprint density at radius 2 is 1.90 bits per heavy atom. The maximum atomic E-state index is 12.2. The fraction of sp³-hybridized carbons (Fsp3) is 0.208. The molecule has 0 radical (unpaired) electrons. The monoisotopic (exact) mass is 416 g/mol. The van der Waals surface area contributed by atoms with E-state index in [1.54, 1.807) is 12.3 Å². The molecule has 1 amide bonds. The van der Waals surface area contributed by atoms with Crippen LogP contribution in [0.25, 0.3) is 11.0 Å². The van der Waals surface area contributed by atoms with Crippen LogP contribution in [-0.2, 0) is 23.1 Å². The normalized spacial score (nSPS) is 12.6. The van der Waals surface area contributed by atoms with Crippen molar-refractivity contribution in [3.63, 3.8) is 0 Å². The van der Waals surface area contributed by atoms with Gasteiger partial charge in [0, 0.05) is 7.05 Å². The first-order valence-electron chi connectivity index (χ1n) is 10.1. The predicted octanol–water partition coefficient (Wildman–Crippen LogP) is 4.01. The number of carbonyl (C=O) groups excluding carboxylic acids is 1. The Bertz CT molecular complexity index is 1180. The van der Waals surface area contributed by atoms with Gasteiger partial charge in [0.1, 0.15) is 11.6 Å². The summed E-state index contributed by atoms with van der Waals surface area (Å²) in [7, 11) is 1.98. The van der Waals surface area contributed by atoms with Crippen LogP contribution in [0.15, 0.2) is 82.6 Å². The molecule has 31 heavy (non-hydrogen) atoms. The molecular formula is C24H24N4O3. The molecule has 2 aromatic carbocycles. The Hall–Kier alpha value is -3.87. The molecule has 0 bridgehead atoms. The first-order valence-corrected chi connectivity index (χ1v) is 10.1. The highest BCUT2D eigenvalue weighted by molar-refractivity contribution is 6.01. The van der Waals surface area contributed by atoms with Crippen LogP contribution in [0.5, 0.6) is 0 Å². The third kappa shape index (κ3) is 4.83. The summed E-state index contributed by atoms with van der Waals surface area (Å²) in [4.78, 5) is 22.4. The van der Waals surface area contributed by atoms with Gasteiger partial charge in [-0.05, 0) is 36.8 Å². The zero-order chi connectivity index (χ0) is 21.6. The second kappa shape index (κ2) is 9.30. The third-order valence-corrected chi connectivity index (χ3v) is 5.03. The molecule has 1 unspecified atom stereocenters. The molecule has 0 aliphatic carbocycles. The molecular weight excluding hydrogens is 392 g/mol. The van der Waals surface area contributed by atoms with Crippen molar-refractivity contribution < 1.29 is 14.0 Å². The minimum atomic E-state index is -0.275. The lowest BCUT2D eigenvalue weighted by Gasteiger charge is -2.11. The summed E-state index contributed by atoms with van der Waals surface area (Å²) in [6.45, 7) is 1.66. The van der Waals surface area contributed by atoms with E-state index in [4.69, 9.17) is 14.2 Å². The zero-order valence-electron chi connectivity index (χ0n) is 17.5. The number of rotatable bonds is 8. The summed E-state index contributed by atoms with van der Waals surface area (Å²) in [5.74, 6) is 1.27. The van der Waals surface area contributed by atoms with E-state index in [-0.39, 0.29) is 18.6 Å². The van der Waals surface area contributed by atoms with Gasteiger partial charge >= 0.3 is 0 Å². The molecule has 0 spiro atoms.